The minimum atomic E-state index is -2.92. The molecule has 0 aliphatic rings. The number of amides is 1. The van der Waals surface area contributed by atoms with Gasteiger partial charge in [0.05, 0.1) is 5.69 Å². The summed E-state index contributed by atoms with van der Waals surface area (Å²) in [6.45, 7) is -0.257. The third-order valence-corrected chi connectivity index (χ3v) is 3.31. The average Bonchev–Trinajstić information content (AvgIpc) is 2.45. The molecule has 0 fully saturated rings. The fraction of sp³-hybridized carbons (Fsp3) is 0.533. The van der Waals surface area contributed by atoms with Gasteiger partial charge in [0.15, 0.2) is 0 Å². The van der Waals surface area contributed by atoms with E-state index < -0.39 is 6.61 Å². The topological polar surface area (TPSA) is 64.4 Å². The van der Waals surface area contributed by atoms with Crippen LogP contribution in [0.3, 0.4) is 0 Å². The molecular formula is C15H22F2N2O2. The van der Waals surface area contributed by atoms with E-state index in [0.29, 0.717) is 18.9 Å². The van der Waals surface area contributed by atoms with E-state index in [4.69, 9.17) is 5.73 Å². The summed E-state index contributed by atoms with van der Waals surface area (Å²) in [7, 11) is 0. The molecule has 0 spiro atoms. The van der Waals surface area contributed by atoms with Gasteiger partial charge < -0.3 is 15.8 Å². The predicted molar refractivity (Wildman–Crippen MR) is 78.4 cm³/mol. The number of hydrogen-bond donors (Lipinski definition) is 2. The van der Waals surface area contributed by atoms with Gasteiger partial charge in [0, 0.05) is 6.42 Å². The zero-order valence-corrected chi connectivity index (χ0v) is 12.1. The fourth-order valence-corrected chi connectivity index (χ4v) is 2.10. The minimum absolute atomic E-state index is 0.0325. The number of alkyl halides is 2. The molecule has 1 amide bonds. The van der Waals surface area contributed by atoms with Gasteiger partial charge in [-0.1, -0.05) is 25.5 Å². The van der Waals surface area contributed by atoms with Crippen LogP contribution in [0.4, 0.5) is 14.5 Å². The summed E-state index contributed by atoms with van der Waals surface area (Å²) < 4.78 is 28.9. The number of ether oxygens (including phenoxy) is 1. The predicted octanol–water partition coefficient (Wildman–Crippen LogP) is 3.38. The van der Waals surface area contributed by atoms with E-state index >= 15 is 0 Å². The Bertz CT molecular complexity index is 441. The first-order valence-corrected chi connectivity index (χ1v) is 7.10. The van der Waals surface area contributed by atoms with E-state index in [1.807, 2.05) is 0 Å². The van der Waals surface area contributed by atoms with Gasteiger partial charge in [0.1, 0.15) is 5.75 Å². The van der Waals surface area contributed by atoms with Crippen molar-refractivity contribution in [3.63, 3.8) is 0 Å². The molecule has 21 heavy (non-hydrogen) atoms. The highest BCUT2D eigenvalue weighted by molar-refractivity contribution is 5.92. The lowest BCUT2D eigenvalue weighted by Gasteiger charge is -2.14. The SMILES string of the molecule is CCC(CCN)CCC(=O)Nc1ccccc1OC(F)F. The number of anilines is 1. The smallest absolute Gasteiger partial charge is 0.387 e. The third kappa shape index (κ3) is 6.53. The quantitative estimate of drug-likeness (QED) is 0.735. The first-order chi connectivity index (χ1) is 10.1. The van der Waals surface area contributed by atoms with Crippen molar-refractivity contribution in [1.82, 2.24) is 0 Å². The van der Waals surface area contributed by atoms with E-state index in [1.165, 1.54) is 12.1 Å². The van der Waals surface area contributed by atoms with Gasteiger partial charge in [-0.15, -0.1) is 0 Å². The van der Waals surface area contributed by atoms with Crippen molar-refractivity contribution in [2.75, 3.05) is 11.9 Å². The number of hydrogen-bond acceptors (Lipinski definition) is 3. The fourth-order valence-electron chi connectivity index (χ4n) is 2.10. The largest absolute Gasteiger partial charge is 0.433 e. The van der Waals surface area contributed by atoms with Crippen LogP contribution < -0.4 is 15.8 Å². The van der Waals surface area contributed by atoms with Gasteiger partial charge in [0.2, 0.25) is 5.91 Å². The van der Waals surface area contributed by atoms with Crippen LogP contribution in [0.5, 0.6) is 5.75 Å². The van der Waals surface area contributed by atoms with Crippen molar-refractivity contribution >= 4 is 11.6 Å². The molecule has 0 aliphatic carbocycles. The van der Waals surface area contributed by atoms with Crippen LogP contribution in [0.2, 0.25) is 0 Å². The van der Waals surface area contributed by atoms with Crippen molar-refractivity contribution in [1.29, 1.82) is 0 Å². The molecule has 1 aromatic rings. The maximum atomic E-state index is 12.3. The highest BCUT2D eigenvalue weighted by atomic mass is 19.3. The molecular weight excluding hydrogens is 278 g/mol. The molecule has 0 aliphatic heterocycles. The number of carbonyl (C=O) groups excluding carboxylic acids is 1. The zero-order chi connectivity index (χ0) is 15.7. The second-order valence-corrected chi connectivity index (χ2v) is 4.81. The number of rotatable bonds is 9. The van der Waals surface area contributed by atoms with Crippen LogP contribution >= 0.6 is 0 Å². The third-order valence-electron chi connectivity index (χ3n) is 3.31. The second kappa shape index (κ2) is 9.28. The van der Waals surface area contributed by atoms with E-state index in [0.717, 1.165) is 19.3 Å². The summed E-state index contributed by atoms with van der Waals surface area (Å²) >= 11 is 0. The molecule has 0 saturated heterocycles. The lowest BCUT2D eigenvalue weighted by molar-refractivity contribution is -0.116. The van der Waals surface area contributed by atoms with Gasteiger partial charge in [-0.25, -0.2) is 0 Å². The Hall–Kier alpha value is -1.69. The van der Waals surface area contributed by atoms with E-state index in [2.05, 4.69) is 17.0 Å². The Kier molecular flexibility index (Phi) is 7.68. The first kappa shape index (κ1) is 17.4. The van der Waals surface area contributed by atoms with Gasteiger partial charge in [-0.05, 0) is 37.4 Å². The van der Waals surface area contributed by atoms with Gasteiger partial charge in [0.25, 0.3) is 0 Å². The van der Waals surface area contributed by atoms with Gasteiger partial charge >= 0.3 is 6.61 Å². The molecule has 6 heteroatoms. The van der Waals surface area contributed by atoms with Crippen LogP contribution in [0.1, 0.15) is 32.6 Å². The van der Waals surface area contributed by atoms with Crippen molar-refractivity contribution in [3.05, 3.63) is 24.3 Å². The molecule has 0 heterocycles. The molecule has 1 aromatic carbocycles. The molecule has 4 nitrogen and oxygen atoms in total. The summed E-state index contributed by atoms with van der Waals surface area (Å²) in [5.41, 5.74) is 5.77. The second-order valence-electron chi connectivity index (χ2n) is 4.81. The lowest BCUT2D eigenvalue weighted by Crippen LogP contribution is -2.16. The van der Waals surface area contributed by atoms with Crippen LogP contribution in [-0.2, 0) is 4.79 Å². The summed E-state index contributed by atoms with van der Waals surface area (Å²) in [5.74, 6) is 0.166. The normalized spacial score (nSPS) is 12.2. The molecule has 3 N–H and O–H groups in total. The molecule has 118 valence electrons. The van der Waals surface area contributed by atoms with Crippen LogP contribution in [0.25, 0.3) is 0 Å². The molecule has 1 unspecified atom stereocenters. The van der Waals surface area contributed by atoms with Crippen molar-refractivity contribution in [3.8, 4) is 5.75 Å². The maximum Gasteiger partial charge on any atom is 0.387 e. The highest BCUT2D eigenvalue weighted by Crippen LogP contribution is 2.26. The van der Waals surface area contributed by atoms with E-state index in [1.54, 1.807) is 12.1 Å². The highest BCUT2D eigenvalue weighted by Gasteiger charge is 2.13. The monoisotopic (exact) mass is 300 g/mol. The Labute approximate surface area is 123 Å². The van der Waals surface area contributed by atoms with Crippen molar-refractivity contribution < 1.29 is 18.3 Å². The summed E-state index contributed by atoms with van der Waals surface area (Å²) in [5, 5.41) is 2.61. The number of carbonyl (C=O) groups is 1. The number of para-hydroxylation sites is 2. The Balaban J connectivity index is 2.54. The summed E-state index contributed by atoms with van der Waals surface area (Å²) in [4.78, 5) is 11.9. The number of nitrogens with two attached hydrogens (primary N) is 1. The van der Waals surface area contributed by atoms with Crippen LogP contribution in [-0.4, -0.2) is 19.1 Å². The standard InChI is InChI=1S/C15H22F2N2O2/c1-2-11(9-10-18)7-8-14(20)19-12-5-3-4-6-13(12)21-15(16)17/h3-6,11,15H,2,7-10,18H2,1H3,(H,19,20). The molecule has 0 radical (unpaired) electrons. The molecule has 1 atom stereocenters. The Morgan fingerprint density at radius 3 is 2.67 bits per heavy atom. The van der Waals surface area contributed by atoms with Crippen LogP contribution in [0.15, 0.2) is 24.3 Å². The van der Waals surface area contributed by atoms with Crippen molar-refractivity contribution in [2.24, 2.45) is 11.7 Å². The number of benzene rings is 1. The maximum absolute atomic E-state index is 12.3. The lowest BCUT2D eigenvalue weighted by atomic mass is 9.96. The zero-order valence-electron chi connectivity index (χ0n) is 12.1. The summed E-state index contributed by atoms with van der Waals surface area (Å²) in [6, 6.07) is 6.15. The first-order valence-electron chi connectivity index (χ1n) is 7.10. The minimum Gasteiger partial charge on any atom is -0.433 e. The van der Waals surface area contributed by atoms with E-state index in [9.17, 15) is 13.6 Å². The van der Waals surface area contributed by atoms with Gasteiger partial charge in [-0.3, -0.25) is 4.79 Å². The van der Waals surface area contributed by atoms with Crippen LogP contribution in [0, 0.1) is 5.92 Å². The van der Waals surface area contributed by atoms with Crippen molar-refractivity contribution in [2.45, 2.75) is 39.2 Å². The number of halogens is 2. The molecule has 0 aromatic heterocycles. The number of nitrogens with one attached hydrogen (secondary N) is 1. The molecule has 1 rings (SSSR count). The van der Waals surface area contributed by atoms with E-state index in [-0.39, 0.29) is 17.3 Å². The Morgan fingerprint density at radius 2 is 2.05 bits per heavy atom. The Morgan fingerprint density at radius 1 is 1.33 bits per heavy atom. The van der Waals surface area contributed by atoms with Gasteiger partial charge in [-0.2, -0.15) is 8.78 Å². The molecule has 0 bridgehead atoms. The molecule has 0 saturated carbocycles. The average molecular weight is 300 g/mol. The summed E-state index contributed by atoms with van der Waals surface area (Å²) in [6.07, 6.45) is 2.92.